The van der Waals surface area contributed by atoms with Gasteiger partial charge < -0.3 is 10.1 Å². The Balaban J connectivity index is 1.84. The van der Waals surface area contributed by atoms with E-state index in [4.69, 9.17) is 16.3 Å². The third-order valence-corrected chi connectivity index (χ3v) is 4.55. The first-order valence-corrected chi connectivity index (χ1v) is 7.50. The fraction of sp³-hybridized carbons (Fsp3) is 0.438. The molecule has 112 valence electrons. The van der Waals surface area contributed by atoms with Gasteiger partial charge in [0.1, 0.15) is 5.82 Å². The van der Waals surface area contributed by atoms with Crippen LogP contribution in [-0.2, 0) is 4.74 Å². The molecule has 0 atom stereocenters. The van der Waals surface area contributed by atoms with E-state index in [-0.39, 0.29) is 16.5 Å². The predicted molar refractivity (Wildman–Crippen MR) is 79.6 cm³/mol. The zero-order chi connectivity index (χ0) is 15.0. The van der Waals surface area contributed by atoms with E-state index >= 15 is 0 Å². The third-order valence-electron chi connectivity index (χ3n) is 4.26. The highest BCUT2D eigenvalue weighted by molar-refractivity contribution is 6.31. The molecule has 1 amide bonds. The number of benzene rings is 1. The topological polar surface area (TPSA) is 38.3 Å². The molecular formula is C16H17ClFNO2. The molecule has 3 aliphatic carbocycles. The first-order valence-electron chi connectivity index (χ1n) is 7.13. The highest BCUT2D eigenvalue weighted by Gasteiger charge is 2.57. The number of amides is 1. The van der Waals surface area contributed by atoms with Gasteiger partial charge >= 0.3 is 0 Å². The molecule has 3 nitrogen and oxygen atoms in total. The van der Waals surface area contributed by atoms with Crippen LogP contribution in [0.2, 0.25) is 5.02 Å². The molecule has 0 heterocycles. The average molecular weight is 310 g/mol. The lowest BCUT2D eigenvalue weighted by molar-refractivity contribution is -0.0438. The molecule has 1 N–H and O–H groups in total. The quantitative estimate of drug-likeness (QED) is 0.841. The Labute approximate surface area is 128 Å². The van der Waals surface area contributed by atoms with Crippen LogP contribution in [0.5, 0.6) is 0 Å². The van der Waals surface area contributed by atoms with Crippen molar-refractivity contribution in [2.45, 2.75) is 31.7 Å². The summed E-state index contributed by atoms with van der Waals surface area (Å²) >= 11 is 5.81. The second-order valence-corrected chi connectivity index (χ2v) is 6.23. The Hall–Kier alpha value is -1.55. The summed E-state index contributed by atoms with van der Waals surface area (Å²) in [5.41, 5.74) is 0.820. The lowest BCUT2D eigenvalue weighted by Gasteiger charge is -2.61. The summed E-state index contributed by atoms with van der Waals surface area (Å²) in [7, 11) is 0. The van der Waals surface area contributed by atoms with Crippen molar-refractivity contribution in [2.24, 2.45) is 5.92 Å². The van der Waals surface area contributed by atoms with Gasteiger partial charge in [0.05, 0.1) is 17.9 Å². The SMILES string of the molecule is CCO/C=C/c1cc(F)c(Cl)cc1C(=O)NC12CC(C1)C2. The standard InChI is InChI=1S/C16H17ClFNO2/c1-2-21-4-3-11-5-14(18)13(17)6-12(11)15(20)19-16-7-10(8-16)9-16/h3-6,10H,2,7-9H2,1H3,(H,19,20)/b4-3+. The number of carbonyl (C=O) groups is 1. The third kappa shape index (κ3) is 2.64. The molecule has 3 fully saturated rings. The van der Waals surface area contributed by atoms with Gasteiger partial charge in [0.2, 0.25) is 0 Å². The summed E-state index contributed by atoms with van der Waals surface area (Å²) in [5, 5.41) is 3.01. The van der Waals surface area contributed by atoms with E-state index in [1.165, 1.54) is 18.4 Å². The van der Waals surface area contributed by atoms with E-state index in [0.29, 0.717) is 17.7 Å². The van der Waals surface area contributed by atoms with Crippen LogP contribution in [0.3, 0.4) is 0 Å². The molecule has 0 spiro atoms. The Morgan fingerprint density at radius 2 is 2.24 bits per heavy atom. The van der Waals surface area contributed by atoms with Gasteiger partial charge in [0, 0.05) is 11.1 Å². The minimum absolute atomic E-state index is 0.0243. The smallest absolute Gasteiger partial charge is 0.252 e. The van der Waals surface area contributed by atoms with E-state index in [1.54, 1.807) is 6.08 Å². The van der Waals surface area contributed by atoms with Crippen LogP contribution in [0.15, 0.2) is 18.4 Å². The van der Waals surface area contributed by atoms with Crippen LogP contribution in [-0.4, -0.2) is 18.1 Å². The van der Waals surface area contributed by atoms with Gasteiger partial charge in [-0.15, -0.1) is 0 Å². The molecule has 0 aliphatic heterocycles. The molecule has 4 rings (SSSR count). The molecule has 21 heavy (non-hydrogen) atoms. The van der Waals surface area contributed by atoms with Crippen molar-refractivity contribution in [3.05, 3.63) is 40.4 Å². The van der Waals surface area contributed by atoms with Gasteiger partial charge in [-0.25, -0.2) is 4.39 Å². The molecule has 0 saturated heterocycles. The van der Waals surface area contributed by atoms with E-state index in [9.17, 15) is 9.18 Å². The maximum Gasteiger partial charge on any atom is 0.252 e. The van der Waals surface area contributed by atoms with Gasteiger partial charge in [-0.1, -0.05) is 11.6 Å². The number of carbonyl (C=O) groups excluding carboxylic acids is 1. The summed E-state index contributed by atoms with van der Waals surface area (Å²) in [6.07, 6.45) is 6.20. The van der Waals surface area contributed by atoms with E-state index in [0.717, 1.165) is 25.2 Å². The molecule has 0 unspecified atom stereocenters. The number of hydrogen-bond donors (Lipinski definition) is 1. The van der Waals surface area contributed by atoms with Crippen molar-refractivity contribution in [3.63, 3.8) is 0 Å². The number of hydrogen-bond acceptors (Lipinski definition) is 2. The van der Waals surface area contributed by atoms with Gasteiger partial charge in [-0.2, -0.15) is 0 Å². The lowest BCUT2D eigenvalue weighted by Crippen LogP contribution is -2.68. The number of halogens is 2. The predicted octanol–water partition coefficient (Wildman–Crippen LogP) is 3.77. The summed E-state index contributed by atoms with van der Waals surface area (Å²) in [5.74, 6) is 0.0282. The van der Waals surface area contributed by atoms with Gasteiger partial charge in [-0.3, -0.25) is 4.79 Å². The van der Waals surface area contributed by atoms with Gasteiger partial charge in [0.15, 0.2) is 0 Å². The fourth-order valence-electron chi connectivity index (χ4n) is 3.05. The van der Waals surface area contributed by atoms with Crippen LogP contribution >= 0.6 is 11.6 Å². The molecule has 3 aliphatic rings. The van der Waals surface area contributed by atoms with Crippen molar-refractivity contribution >= 4 is 23.6 Å². The summed E-state index contributed by atoms with van der Waals surface area (Å²) < 4.78 is 18.7. The van der Waals surface area contributed by atoms with Gasteiger partial charge in [-0.05, 0) is 55.9 Å². The number of ether oxygens (including phenoxy) is 1. The summed E-state index contributed by atoms with van der Waals surface area (Å²) in [6.45, 7) is 2.36. The summed E-state index contributed by atoms with van der Waals surface area (Å²) in [6, 6.07) is 2.64. The second kappa shape index (κ2) is 5.34. The van der Waals surface area contributed by atoms with Crippen molar-refractivity contribution in [3.8, 4) is 0 Å². The highest BCUT2D eigenvalue weighted by Crippen LogP contribution is 2.57. The maximum absolute atomic E-state index is 13.6. The van der Waals surface area contributed by atoms with Crippen molar-refractivity contribution in [1.82, 2.24) is 5.32 Å². The minimum Gasteiger partial charge on any atom is -0.501 e. The monoisotopic (exact) mass is 309 g/mol. The molecule has 0 aromatic heterocycles. The van der Waals surface area contributed by atoms with Crippen LogP contribution in [0.1, 0.15) is 42.1 Å². The molecule has 0 radical (unpaired) electrons. The second-order valence-electron chi connectivity index (χ2n) is 5.82. The molecule has 1 aromatic rings. The van der Waals surface area contributed by atoms with Crippen LogP contribution in [0, 0.1) is 11.7 Å². The minimum atomic E-state index is -0.546. The fourth-order valence-corrected chi connectivity index (χ4v) is 3.22. The number of rotatable bonds is 5. The highest BCUT2D eigenvalue weighted by atomic mass is 35.5. The Bertz CT molecular complexity index is 598. The van der Waals surface area contributed by atoms with Crippen molar-refractivity contribution < 1.29 is 13.9 Å². The molecular weight excluding hydrogens is 293 g/mol. The summed E-state index contributed by atoms with van der Waals surface area (Å²) in [4.78, 5) is 12.4. The lowest BCUT2D eigenvalue weighted by atomic mass is 9.50. The maximum atomic E-state index is 13.6. The first kappa shape index (κ1) is 14.4. The van der Waals surface area contributed by atoms with Gasteiger partial charge in [0.25, 0.3) is 5.91 Å². The first-order chi connectivity index (χ1) is 10.0. The average Bonchev–Trinajstić information content (AvgIpc) is 2.36. The van der Waals surface area contributed by atoms with Crippen LogP contribution < -0.4 is 5.32 Å². The largest absolute Gasteiger partial charge is 0.501 e. The Kier molecular flexibility index (Phi) is 3.66. The Morgan fingerprint density at radius 1 is 1.52 bits per heavy atom. The zero-order valence-electron chi connectivity index (χ0n) is 11.8. The molecule has 1 aromatic carbocycles. The van der Waals surface area contributed by atoms with E-state index in [1.807, 2.05) is 6.92 Å². The normalized spacial score (nSPS) is 26.1. The zero-order valence-corrected chi connectivity index (χ0v) is 12.5. The molecule has 5 heteroatoms. The van der Waals surface area contributed by atoms with Crippen LogP contribution in [0.4, 0.5) is 4.39 Å². The van der Waals surface area contributed by atoms with Crippen LogP contribution in [0.25, 0.3) is 6.08 Å². The van der Waals surface area contributed by atoms with E-state index in [2.05, 4.69) is 5.32 Å². The molecule has 3 saturated carbocycles. The van der Waals surface area contributed by atoms with E-state index < -0.39 is 5.82 Å². The Morgan fingerprint density at radius 3 is 2.81 bits per heavy atom. The van der Waals surface area contributed by atoms with Crippen molar-refractivity contribution in [1.29, 1.82) is 0 Å². The molecule has 2 bridgehead atoms. The van der Waals surface area contributed by atoms with Crippen molar-refractivity contribution in [2.75, 3.05) is 6.61 Å². The number of nitrogens with one attached hydrogen (secondary N) is 1.